The number of sulfonamides is 1. The van der Waals surface area contributed by atoms with Gasteiger partial charge >= 0.3 is 0 Å². The number of hydrogen-bond acceptors (Lipinski definition) is 6. The number of benzene rings is 1. The van der Waals surface area contributed by atoms with Crippen molar-refractivity contribution in [1.29, 1.82) is 0 Å². The quantitative estimate of drug-likeness (QED) is 0.557. The molecule has 0 saturated heterocycles. The van der Waals surface area contributed by atoms with E-state index >= 15 is 0 Å². The first-order chi connectivity index (χ1) is 13.3. The molecule has 0 unspecified atom stereocenters. The molecule has 2 aromatic heterocycles. The Morgan fingerprint density at radius 1 is 1.07 bits per heavy atom. The second kappa shape index (κ2) is 8.44. The first kappa shape index (κ1) is 19.9. The van der Waals surface area contributed by atoms with Crippen molar-refractivity contribution < 1.29 is 12.8 Å². The third-order valence-corrected chi connectivity index (χ3v) is 5.26. The molecule has 0 spiro atoms. The van der Waals surface area contributed by atoms with Gasteiger partial charge in [0.25, 0.3) is 0 Å². The minimum atomic E-state index is -3.52. The molecule has 0 amide bonds. The van der Waals surface area contributed by atoms with E-state index in [4.69, 9.17) is 0 Å². The zero-order valence-electron chi connectivity index (χ0n) is 15.6. The molecular formula is C18H21FN6O2S. The van der Waals surface area contributed by atoms with E-state index in [0.717, 1.165) is 11.4 Å². The Bertz CT molecular complexity index is 1050. The normalized spacial score (nSPS) is 11.5. The van der Waals surface area contributed by atoms with E-state index in [0.29, 0.717) is 23.7 Å². The van der Waals surface area contributed by atoms with Crippen molar-refractivity contribution in [1.82, 2.24) is 24.5 Å². The van der Waals surface area contributed by atoms with E-state index in [1.165, 1.54) is 30.6 Å². The zero-order valence-corrected chi connectivity index (χ0v) is 16.4. The van der Waals surface area contributed by atoms with Crippen LogP contribution in [0, 0.1) is 19.7 Å². The third-order valence-electron chi connectivity index (χ3n) is 3.90. The van der Waals surface area contributed by atoms with E-state index in [1.807, 2.05) is 19.9 Å². The molecule has 10 heteroatoms. The smallest absolute Gasteiger partial charge is 0.215 e. The molecule has 0 aliphatic carbocycles. The molecule has 0 saturated carbocycles. The molecule has 3 rings (SSSR count). The lowest BCUT2D eigenvalue weighted by molar-refractivity contribution is 0.581. The molecule has 28 heavy (non-hydrogen) atoms. The van der Waals surface area contributed by atoms with Crippen molar-refractivity contribution >= 4 is 15.8 Å². The van der Waals surface area contributed by atoms with Crippen LogP contribution in [0.25, 0.3) is 5.82 Å². The van der Waals surface area contributed by atoms with Gasteiger partial charge in [0.1, 0.15) is 18.0 Å². The maximum Gasteiger partial charge on any atom is 0.215 e. The van der Waals surface area contributed by atoms with Gasteiger partial charge < -0.3 is 5.32 Å². The summed E-state index contributed by atoms with van der Waals surface area (Å²) in [6, 6.07) is 9.07. The Labute approximate surface area is 162 Å². The molecular weight excluding hydrogens is 383 g/mol. The number of rotatable bonds is 8. The van der Waals surface area contributed by atoms with Gasteiger partial charge in [0.05, 0.1) is 11.4 Å². The van der Waals surface area contributed by atoms with Crippen LogP contribution in [0.15, 0.2) is 42.7 Å². The summed E-state index contributed by atoms with van der Waals surface area (Å²) in [4.78, 5) is 8.35. The molecule has 0 radical (unpaired) electrons. The highest BCUT2D eigenvalue weighted by Gasteiger charge is 2.11. The first-order valence-electron chi connectivity index (χ1n) is 8.64. The molecule has 0 bridgehead atoms. The number of halogens is 1. The fraction of sp³-hybridized carbons (Fsp3) is 0.278. The monoisotopic (exact) mass is 404 g/mol. The zero-order chi connectivity index (χ0) is 20.1. The van der Waals surface area contributed by atoms with Gasteiger partial charge in [-0.1, -0.05) is 12.1 Å². The van der Waals surface area contributed by atoms with E-state index < -0.39 is 15.8 Å². The summed E-state index contributed by atoms with van der Waals surface area (Å²) in [5.74, 6) is 0.585. The van der Waals surface area contributed by atoms with Crippen molar-refractivity contribution in [3.05, 3.63) is 65.5 Å². The summed E-state index contributed by atoms with van der Waals surface area (Å²) in [5, 5.41) is 7.44. The van der Waals surface area contributed by atoms with Crippen molar-refractivity contribution in [3.63, 3.8) is 0 Å². The number of aromatic nitrogens is 4. The Morgan fingerprint density at radius 3 is 2.50 bits per heavy atom. The third kappa shape index (κ3) is 5.33. The van der Waals surface area contributed by atoms with Crippen LogP contribution in [0.3, 0.4) is 0 Å². The minimum Gasteiger partial charge on any atom is -0.369 e. The lowest BCUT2D eigenvalue weighted by Crippen LogP contribution is -2.30. The largest absolute Gasteiger partial charge is 0.369 e. The number of hydrogen-bond donors (Lipinski definition) is 2. The van der Waals surface area contributed by atoms with Gasteiger partial charge in [-0.2, -0.15) is 5.10 Å². The summed E-state index contributed by atoms with van der Waals surface area (Å²) in [6.07, 6.45) is 1.42. The van der Waals surface area contributed by atoms with Crippen LogP contribution in [0.1, 0.15) is 17.0 Å². The minimum absolute atomic E-state index is 0.183. The molecule has 0 atom stereocenters. The Balaban J connectivity index is 1.53. The lowest BCUT2D eigenvalue weighted by Gasteiger charge is -2.09. The van der Waals surface area contributed by atoms with Crippen molar-refractivity contribution in [3.8, 4) is 5.82 Å². The molecule has 0 aliphatic rings. The summed E-state index contributed by atoms with van der Waals surface area (Å²) in [5.41, 5.74) is 2.36. The van der Waals surface area contributed by atoms with E-state index in [1.54, 1.807) is 10.7 Å². The van der Waals surface area contributed by atoms with Gasteiger partial charge in [-0.3, -0.25) is 0 Å². The average molecular weight is 404 g/mol. The Morgan fingerprint density at radius 2 is 1.82 bits per heavy atom. The van der Waals surface area contributed by atoms with Gasteiger partial charge in [-0.05, 0) is 37.6 Å². The molecule has 0 fully saturated rings. The molecule has 0 aliphatic heterocycles. The molecule has 2 N–H and O–H groups in total. The van der Waals surface area contributed by atoms with Gasteiger partial charge in [0, 0.05) is 24.8 Å². The van der Waals surface area contributed by atoms with Crippen LogP contribution in [-0.2, 0) is 15.8 Å². The number of aryl methyl sites for hydroxylation is 2. The van der Waals surface area contributed by atoms with Crippen LogP contribution in [0.5, 0.6) is 0 Å². The molecule has 148 valence electrons. The molecule has 2 heterocycles. The van der Waals surface area contributed by atoms with Gasteiger partial charge in [0.2, 0.25) is 10.0 Å². The van der Waals surface area contributed by atoms with Crippen LogP contribution >= 0.6 is 0 Å². The van der Waals surface area contributed by atoms with Crippen molar-refractivity contribution in [2.45, 2.75) is 19.6 Å². The maximum absolute atomic E-state index is 12.9. The standard InChI is InChI=1S/C18H21FN6O2S/c1-13-9-14(2)25(24-13)18-10-17(21-12-22-18)20-7-8-23-28(26,27)11-15-3-5-16(19)6-4-15/h3-6,9-10,12,23H,7-8,11H2,1-2H3,(H,20,21,22). The molecule has 1 aromatic carbocycles. The number of nitrogens with one attached hydrogen (secondary N) is 2. The van der Waals surface area contributed by atoms with Crippen LogP contribution < -0.4 is 10.0 Å². The number of nitrogens with zero attached hydrogens (tertiary/aromatic N) is 4. The molecule has 8 nitrogen and oxygen atoms in total. The van der Waals surface area contributed by atoms with Crippen molar-refractivity contribution in [2.75, 3.05) is 18.4 Å². The Kier molecular flexibility index (Phi) is 6.00. The van der Waals surface area contributed by atoms with Gasteiger partial charge in [0.15, 0.2) is 5.82 Å². The van der Waals surface area contributed by atoms with E-state index in [9.17, 15) is 12.8 Å². The predicted octanol–water partition coefficient (Wildman–Crippen LogP) is 1.95. The van der Waals surface area contributed by atoms with Crippen LogP contribution in [-0.4, -0.2) is 41.3 Å². The van der Waals surface area contributed by atoms with Gasteiger partial charge in [-0.25, -0.2) is 32.2 Å². The van der Waals surface area contributed by atoms with Crippen molar-refractivity contribution in [2.24, 2.45) is 0 Å². The van der Waals surface area contributed by atoms with Crippen LogP contribution in [0.4, 0.5) is 10.2 Å². The van der Waals surface area contributed by atoms with Gasteiger partial charge in [-0.15, -0.1) is 0 Å². The highest BCUT2D eigenvalue weighted by Crippen LogP contribution is 2.12. The second-order valence-corrected chi connectivity index (χ2v) is 8.11. The predicted molar refractivity (Wildman–Crippen MR) is 104 cm³/mol. The molecule has 3 aromatic rings. The SMILES string of the molecule is Cc1cc(C)n(-c2cc(NCCNS(=O)(=O)Cc3ccc(F)cc3)ncn2)n1. The number of anilines is 1. The summed E-state index contributed by atoms with van der Waals surface area (Å²) in [6.45, 7) is 4.37. The van der Waals surface area contributed by atoms with E-state index in [2.05, 4.69) is 25.1 Å². The summed E-state index contributed by atoms with van der Waals surface area (Å²) in [7, 11) is -3.52. The average Bonchev–Trinajstić information content (AvgIpc) is 2.99. The Hall–Kier alpha value is -2.85. The summed E-state index contributed by atoms with van der Waals surface area (Å²) >= 11 is 0. The fourth-order valence-corrected chi connectivity index (χ4v) is 3.81. The highest BCUT2D eigenvalue weighted by molar-refractivity contribution is 7.88. The van der Waals surface area contributed by atoms with Crippen LogP contribution in [0.2, 0.25) is 0 Å². The second-order valence-electron chi connectivity index (χ2n) is 6.31. The fourth-order valence-electron chi connectivity index (χ4n) is 2.67. The van der Waals surface area contributed by atoms with E-state index in [-0.39, 0.29) is 12.3 Å². The maximum atomic E-state index is 12.9. The first-order valence-corrected chi connectivity index (χ1v) is 10.3. The lowest BCUT2D eigenvalue weighted by atomic mass is 10.2. The summed E-state index contributed by atoms with van der Waals surface area (Å²) < 4.78 is 41.3. The topological polar surface area (TPSA) is 102 Å². The highest BCUT2D eigenvalue weighted by atomic mass is 32.2.